The molecule has 0 spiro atoms. The Hall–Kier alpha value is -0.0300. The normalized spacial score (nSPS) is 18.6. The lowest BCUT2D eigenvalue weighted by molar-refractivity contribution is 0.106. The van der Waals surface area contributed by atoms with Crippen molar-refractivity contribution in [3.05, 3.63) is 0 Å². The summed E-state index contributed by atoms with van der Waals surface area (Å²) in [5.41, 5.74) is 0. The smallest absolute Gasteiger partial charge is 0.253 e. The number of hydrogen-bond acceptors (Lipinski definition) is 2. The van der Waals surface area contributed by atoms with E-state index in [0.29, 0.717) is 13.0 Å². The Morgan fingerprint density at radius 2 is 1.92 bits per heavy atom. The number of hydrogen-bond donors (Lipinski definition) is 1. The Labute approximate surface area is 80.5 Å². The molecule has 0 fully saturated rings. The maximum absolute atomic E-state index is 12.0. The second-order valence-electron chi connectivity index (χ2n) is 3.18. The molecular weight excluding hydrogens is 196 g/mol. The lowest BCUT2D eigenvalue weighted by Crippen LogP contribution is -2.34. The average Bonchev–Trinajstić information content (AvgIpc) is 2.03. The molecule has 2 nitrogen and oxygen atoms in total. The molecule has 0 aromatic heterocycles. The molecule has 3 atom stereocenters. The fourth-order valence-electron chi connectivity index (χ4n) is 0.769. The third kappa shape index (κ3) is 6.10. The van der Waals surface area contributed by atoms with Crippen LogP contribution in [0.2, 0.25) is 0 Å². The lowest BCUT2D eigenvalue weighted by atomic mass is 10.3. The zero-order valence-electron chi connectivity index (χ0n) is 8.22. The second kappa shape index (κ2) is 6.43. The first-order valence-corrected chi connectivity index (χ1v) is 5.91. The monoisotopic (exact) mass is 213 g/mol. The van der Waals surface area contributed by atoms with Gasteiger partial charge in [0, 0.05) is 22.3 Å². The summed E-state index contributed by atoms with van der Waals surface area (Å²) in [6.07, 6.45) is -0.0380. The highest BCUT2D eigenvalue weighted by Crippen LogP contribution is 2.01. The minimum Gasteiger partial charge on any atom is -0.309 e. The van der Waals surface area contributed by atoms with Gasteiger partial charge in [0.25, 0.3) is 6.43 Å². The van der Waals surface area contributed by atoms with Crippen LogP contribution in [-0.2, 0) is 10.8 Å². The Bertz CT molecular complexity index is 166. The second-order valence-corrected chi connectivity index (χ2v) is 4.98. The number of rotatable bonds is 6. The lowest BCUT2D eigenvalue weighted by Gasteiger charge is -2.14. The van der Waals surface area contributed by atoms with E-state index in [1.807, 2.05) is 6.92 Å². The first-order valence-electron chi connectivity index (χ1n) is 4.29. The van der Waals surface area contributed by atoms with Crippen molar-refractivity contribution in [2.75, 3.05) is 12.8 Å². The maximum Gasteiger partial charge on any atom is 0.253 e. The van der Waals surface area contributed by atoms with Gasteiger partial charge in [-0.2, -0.15) is 0 Å². The zero-order valence-corrected chi connectivity index (χ0v) is 9.04. The van der Waals surface area contributed by atoms with Crippen molar-refractivity contribution in [1.82, 2.24) is 5.32 Å². The van der Waals surface area contributed by atoms with Crippen LogP contribution in [0.25, 0.3) is 0 Å². The molecule has 3 unspecified atom stereocenters. The molecule has 0 aliphatic carbocycles. The van der Waals surface area contributed by atoms with E-state index in [1.165, 1.54) is 6.92 Å². The predicted octanol–water partition coefficient (Wildman–Crippen LogP) is 1.39. The third-order valence-corrected chi connectivity index (χ3v) is 3.33. The first kappa shape index (κ1) is 13.0. The Morgan fingerprint density at radius 3 is 2.31 bits per heavy atom. The number of nitrogens with one attached hydrogen (secondary N) is 1. The molecule has 80 valence electrons. The van der Waals surface area contributed by atoms with Crippen LogP contribution >= 0.6 is 0 Å². The van der Waals surface area contributed by atoms with Crippen LogP contribution in [0.5, 0.6) is 0 Å². The van der Waals surface area contributed by atoms with Crippen molar-refractivity contribution >= 4 is 10.8 Å². The van der Waals surface area contributed by atoms with E-state index in [2.05, 4.69) is 5.32 Å². The van der Waals surface area contributed by atoms with Crippen LogP contribution in [0, 0.1) is 0 Å². The quantitative estimate of drug-likeness (QED) is 0.722. The first-order chi connectivity index (χ1) is 5.95. The van der Waals surface area contributed by atoms with Gasteiger partial charge >= 0.3 is 0 Å². The van der Waals surface area contributed by atoms with Crippen molar-refractivity contribution in [2.45, 2.75) is 38.0 Å². The number of alkyl halides is 2. The van der Waals surface area contributed by atoms with E-state index in [-0.39, 0.29) is 5.25 Å². The van der Waals surface area contributed by atoms with Crippen molar-refractivity contribution in [3.63, 3.8) is 0 Å². The van der Waals surface area contributed by atoms with Gasteiger partial charge in [-0.15, -0.1) is 0 Å². The van der Waals surface area contributed by atoms with Gasteiger partial charge in [-0.05, 0) is 19.9 Å². The molecule has 0 saturated heterocycles. The molecule has 5 heteroatoms. The van der Waals surface area contributed by atoms with E-state index in [1.54, 1.807) is 6.26 Å². The van der Waals surface area contributed by atoms with Gasteiger partial charge in [-0.1, -0.05) is 6.92 Å². The van der Waals surface area contributed by atoms with E-state index >= 15 is 0 Å². The molecule has 0 aliphatic heterocycles. The molecule has 0 aromatic carbocycles. The van der Waals surface area contributed by atoms with Crippen molar-refractivity contribution in [1.29, 1.82) is 0 Å². The summed E-state index contributed by atoms with van der Waals surface area (Å²) in [6.45, 7) is 3.79. The molecule has 0 aromatic rings. The van der Waals surface area contributed by atoms with E-state index < -0.39 is 23.3 Å². The summed E-state index contributed by atoms with van der Waals surface area (Å²) < 4.78 is 34.9. The Balaban J connectivity index is 3.50. The molecule has 0 rings (SSSR count). The van der Waals surface area contributed by atoms with E-state index in [9.17, 15) is 13.0 Å². The summed E-state index contributed by atoms with van der Waals surface area (Å²) >= 11 is 0. The molecule has 13 heavy (non-hydrogen) atoms. The van der Waals surface area contributed by atoms with Crippen LogP contribution in [0.4, 0.5) is 8.78 Å². The largest absolute Gasteiger partial charge is 0.309 e. The maximum atomic E-state index is 12.0. The molecule has 0 amide bonds. The molecule has 0 heterocycles. The highest BCUT2D eigenvalue weighted by Gasteiger charge is 2.14. The predicted molar refractivity (Wildman–Crippen MR) is 51.6 cm³/mol. The van der Waals surface area contributed by atoms with Crippen molar-refractivity contribution in [2.24, 2.45) is 0 Å². The summed E-state index contributed by atoms with van der Waals surface area (Å²) in [5.74, 6) is 0. The van der Waals surface area contributed by atoms with Gasteiger partial charge in [0.15, 0.2) is 0 Å². The van der Waals surface area contributed by atoms with Gasteiger partial charge in [0.1, 0.15) is 0 Å². The molecular formula is C8H17F2NOS. The number of halogens is 2. The van der Waals surface area contributed by atoms with E-state index in [0.717, 1.165) is 0 Å². The average molecular weight is 213 g/mol. The van der Waals surface area contributed by atoms with Crippen LogP contribution in [0.15, 0.2) is 0 Å². The van der Waals surface area contributed by atoms with Gasteiger partial charge in [-0.25, -0.2) is 8.78 Å². The van der Waals surface area contributed by atoms with Crippen LogP contribution in [0.3, 0.4) is 0 Å². The summed E-state index contributed by atoms with van der Waals surface area (Å²) in [4.78, 5) is 0. The fourth-order valence-corrected chi connectivity index (χ4v) is 1.22. The van der Waals surface area contributed by atoms with Crippen molar-refractivity contribution < 1.29 is 13.0 Å². The summed E-state index contributed by atoms with van der Waals surface area (Å²) in [7, 11) is -0.863. The SMILES string of the molecule is CC(NCCC(C)S(C)=O)C(F)F. The topological polar surface area (TPSA) is 29.1 Å². The molecule has 0 bridgehead atoms. The minimum atomic E-state index is -2.33. The van der Waals surface area contributed by atoms with Crippen LogP contribution in [0.1, 0.15) is 20.3 Å². The summed E-state index contributed by atoms with van der Waals surface area (Å²) in [6, 6.07) is -0.780. The Kier molecular flexibility index (Phi) is 6.41. The standard InChI is InChI=1S/C8H17F2NOS/c1-6(13(3)12)4-5-11-7(2)8(9)10/h6-8,11H,4-5H2,1-3H3. The minimum absolute atomic E-state index is 0.0670. The third-order valence-electron chi connectivity index (χ3n) is 1.96. The van der Waals surface area contributed by atoms with Gasteiger partial charge < -0.3 is 5.32 Å². The molecule has 0 saturated carbocycles. The van der Waals surface area contributed by atoms with Crippen molar-refractivity contribution in [3.8, 4) is 0 Å². The van der Waals surface area contributed by atoms with Gasteiger partial charge in [0.2, 0.25) is 0 Å². The fraction of sp³-hybridized carbons (Fsp3) is 1.00. The van der Waals surface area contributed by atoms with Crippen LogP contribution in [-0.4, -0.2) is 34.7 Å². The molecule has 0 aliphatic rings. The summed E-state index contributed by atoms with van der Waals surface area (Å²) in [5, 5.41) is 2.75. The molecule has 0 radical (unpaired) electrons. The molecule has 1 N–H and O–H groups in total. The highest BCUT2D eigenvalue weighted by molar-refractivity contribution is 7.84. The Morgan fingerprint density at radius 1 is 1.38 bits per heavy atom. The zero-order chi connectivity index (χ0) is 10.4. The van der Waals surface area contributed by atoms with Gasteiger partial charge in [0.05, 0.1) is 6.04 Å². The highest BCUT2D eigenvalue weighted by atomic mass is 32.2. The van der Waals surface area contributed by atoms with E-state index in [4.69, 9.17) is 0 Å². The van der Waals surface area contributed by atoms with Crippen LogP contribution < -0.4 is 5.32 Å². The van der Waals surface area contributed by atoms with Gasteiger partial charge in [-0.3, -0.25) is 4.21 Å².